The van der Waals surface area contributed by atoms with Gasteiger partial charge in [-0.25, -0.2) is 8.42 Å². The summed E-state index contributed by atoms with van der Waals surface area (Å²) in [6.07, 6.45) is 1.86. The van der Waals surface area contributed by atoms with Crippen molar-refractivity contribution in [2.45, 2.75) is 12.5 Å². The van der Waals surface area contributed by atoms with Gasteiger partial charge in [0.05, 0.1) is 22.2 Å². The van der Waals surface area contributed by atoms with Gasteiger partial charge in [0.15, 0.2) is 9.84 Å². The third-order valence-electron chi connectivity index (χ3n) is 3.60. The first kappa shape index (κ1) is 17.3. The van der Waals surface area contributed by atoms with E-state index in [2.05, 4.69) is 5.32 Å². The molecule has 0 bridgehead atoms. The molecule has 1 heterocycles. The third-order valence-corrected chi connectivity index (χ3v) is 5.68. The first-order chi connectivity index (χ1) is 10.8. The van der Waals surface area contributed by atoms with Crippen LogP contribution in [0.2, 0.25) is 5.02 Å². The van der Waals surface area contributed by atoms with Crippen molar-refractivity contribution in [3.8, 4) is 6.07 Å². The van der Waals surface area contributed by atoms with Crippen LogP contribution in [0, 0.1) is 11.3 Å². The summed E-state index contributed by atoms with van der Waals surface area (Å²) in [5, 5.41) is 12.1. The maximum absolute atomic E-state index is 12.2. The van der Waals surface area contributed by atoms with E-state index in [4.69, 9.17) is 11.6 Å². The standard InChI is InChI=1S/C15H16ClN3O3S/c1-19(12-6-7-23(21,22)10-12)9-11(8-17)15(20)18-14-5-3-2-4-13(14)16/h2-5,9,12H,6-7,10H2,1H3,(H,18,20)/b11-9-. The van der Waals surface area contributed by atoms with Crippen molar-refractivity contribution in [2.24, 2.45) is 0 Å². The molecule has 0 radical (unpaired) electrons. The number of amides is 1. The number of nitriles is 1. The number of rotatable bonds is 4. The van der Waals surface area contributed by atoms with Crippen molar-refractivity contribution >= 4 is 33.0 Å². The molecule has 1 unspecified atom stereocenters. The molecule has 1 fully saturated rings. The largest absolute Gasteiger partial charge is 0.375 e. The summed E-state index contributed by atoms with van der Waals surface area (Å²) in [7, 11) is -1.37. The van der Waals surface area contributed by atoms with Gasteiger partial charge < -0.3 is 10.2 Å². The zero-order valence-electron chi connectivity index (χ0n) is 12.5. The maximum atomic E-state index is 12.2. The lowest BCUT2D eigenvalue weighted by molar-refractivity contribution is -0.112. The highest BCUT2D eigenvalue weighted by atomic mass is 35.5. The van der Waals surface area contributed by atoms with Crippen LogP contribution in [0.15, 0.2) is 36.0 Å². The van der Waals surface area contributed by atoms with E-state index in [1.54, 1.807) is 36.2 Å². The number of carbonyl (C=O) groups excluding carboxylic acids is 1. The number of para-hydroxylation sites is 1. The number of benzene rings is 1. The molecule has 0 aromatic heterocycles. The van der Waals surface area contributed by atoms with E-state index in [9.17, 15) is 18.5 Å². The Morgan fingerprint density at radius 1 is 1.48 bits per heavy atom. The Bertz CT molecular complexity index is 783. The summed E-state index contributed by atoms with van der Waals surface area (Å²) < 4.78 is 23.0. The van der Waals surface area contributed by atoms with Gasteiger partial charge in [-0.05, 0) is 18.6 Å². The van der Waals surface area contributed by atoms with Crippen molar-refractivity contribution < 1.29 is 13.2 Å². The molecule has 1 aliphatic heterocycles. The summed E-state index contributed by atoms with van der Waals surface area (Å²) >= 11 is 5.96. The fraction of sp³-hybridized carbons (Fsp3) is 0.333. The number of hydrogen-bond acceptors (Lipinski definition) is 5. The number of hydrogen-bond donors (Lipinski definition) is 1. The molecule has 1 saturated heterocycles. The average Bonchev–Trinajstić information content (AvgIpc) is 2.87. The molecule has 0 spiro atoms. The molecule has 1 aliphatic rings. The number of sulfone groups is 1. The number of anilines is 1. The van der Waals surface area contributed by atoms with Crippen molar-refractivity contribution in [3.63, 3.8) is 0 Å². The van der Waals surface area contributed by atoms with Gasteiger partial charge in [-0.3, -0.25) is 4.79 Å². The van der Waals surface area contributed by atoms with Crippen molar-refractivity contribution in [3.05, 3.63) is 41.1 Å². The maximum Gasteiger partial charge on any atom is 0.267 e. The lowest BCUT2D eigenvalue weighted by atomic mass is 10.2. The Balaban J connectivity index is 2.11. The number of nitrogens with one attached hydrogen (secondary N) is 1. The highest BCUT2D eigenvalue weighted by Gasteiger charge is 2.30. The molecule has 1 aromatic rings. The molecule has 0 aliphatic carbocycles. The molecule has 1 amide bonds. The van der Waals surface area contributed by atoms with Crippen LogP contribution in [0.4, 0.5) is 5.69 Å². The first-order valence-corrected chi connectivity index (χ1v) is 9.12. The summed E-state index contributed by atoms with van der Waals surface area (Å²) in [5.74, 6) is -0.428. The van der Waals surface area contributed by atoms with E-state index in [0.29, 0.717) is 17.1 Å². The summed E-state index contributed by atoms with van der Waals surface area (Å²) in [6, 6.07) is 8.31. The number of nitrogens with zero attached hydrogens (tertiary/aromatic N) is 2. The molecule has 1 atom stereocenters. The fourth-order valence-corrected chi connectivity index (χ4v) is 4.27. The molecule has 1 aromatic carbocycles. The van der Waals surface area contributed by atoms with E-state index < -0.39 is 15.7 Å². The van der Waals surface area contributed by atoms with Crippen LogP contribution in [0.25, 0.3) is 0 Å². The molecule has 8 heteroatoms. The lowest BCUT2D eigenvalue weighted by Crippen LogP contribution is -2.29. The Morgan fingerprint density at radius 2 is 2.17 bits per heavy atom. The van der Waals surface area contributed by atoms with Gasteiger partial charge in [0.1, 0.15) is 11.6 Å². The summed E-state index contributed by atoms with van der Waals surface area (Å²) in [5.41, 5.74) is 0.295. The Kier molecular flexibility index (Phi) is 5.29. The zero-order chi connectivity index (χ0) is 17.0. The molecule has 122 valence electrons. The Labute approximate surface area is 140 Å². The highest BCUT2D eigenvalue weighted by Crippen LogP contribution is 2.21. The predicted octanol–water partition coefficient (Wildman–Crippen LogP) is 1.80. The molecular weight excluding hydrogens is 338 g/mol. The van der Waals surface area contributed by atoms with Crippen LogP contribution in [-0.4, -0.2) is 43.8 Å². The van der Waals surface area contributed by atoms with Crippen LogP contribution in [-0.2, 0) is 14.6 Å². The topological polar surface area (TPSA) is 90.3 Å². The second-order valence-electron chi connectivity index (χ2n) is 5.31. The van der Waals surface area contributed by atoms with Crippen molar-refractivity contribution in [1.82, 2.24) is 4.90 Å². The lowest BCUT2D eigenvalue weighted by Gasteiger charge is -2.21. The molecule has 0 saturated carbocycles. The molecule has 23 heavy (non-hydrogen) atoms. The van der Waals surface area contributed by atoms with Gasteiger partial charge in [0, 0.05) is 19.3 Å². The van der Waals surface area contributed by atoms with E-state index in [-0.39, 0.29) is 23.1 Å². The third kappa shape index (κ3) is 4.47. The van der Waals surface area contributed by atoms with E-state index in [1.165, 1.54) is 6.20 Å². The summed E-state index contributed by atoms with van der Waals surface area (Å²) in [6.45, 7) is 0. The highest BCUT2D eigenvalue weighted by molar-refractivity contribution is 7.91. The average molecular weight is 354 g/mol. The van der Waals surface area contributed by atoms with E-state index >= 15 is 0 Å². The quantitative estimate of drug-likeness (QED) is 0.658. The minimum Gasteiger partial charge on any atom is -0.375 e. The second kappa shape index (κ2) is 7.02. The Hall–Kier alpha value is -2.04. The fourth-order valence-electron chi connectivity index (χ4n) is 2.30. The van der Waals surface area contributed by atoms with Crippen molar-refractivity contribution in [1.29, 1.82) is 5.26 Å². The van der Waals surface area contributed by atoms with E-state index in [0.717, 1.165) is 0 Å². The van der Waals surface area contributed by atoms with Crippen LogP contribution in [0.1, 0.15) is 6.42 Å². The molecule has 6 nitrogen and oxygen atoms in total. The normalized spacial score (nSPS) is 19.9. The number of carbonyl (C=O) groups is 1. The van der Waals surface area contributed by atoms with Gasteiger partial charge in [-0.15, -0.1) is 0 Å². The van der Waals surface area contributed by atoms with E-state index in [1.807, 2.05) is 6.07 Å². The smallest absolute Gasteiger partial charge is 0.267 e. The molecular formula is C15H16ClN3O3S. The SMILES string of the molecule is CN(/C=C(/C#N)C(=O)Nc1ccccc1Cl)C1CCS(=O)(=O)C1. The summed E-state index contributed by atoms with van der Waals surface area (Å²) in [4.78, 5) is 13.8. The van der Waals surface area contributed by atoms with Crippen LogP contribution >= 0.6 is 11.6 Å². The van der Waals surface area contributed by atoms with Crippen molar-refractivity contribution in [2.75, 3.05) is 23.9 Å². The minimum absolute atomic E-state index is 0.0326. The number of halogens is 1. The van der Waals surface area contributed by atoms with Gasteiger partial charge in [-0.1, -0.05) is 23.7 Å². The first-order valence-electron chi connectivity index (χ1n) is 6.92. The molecule has 1 N–H and O–H groups in total. The monoisotopic (exact) mass is 353 g/mol. The second-order valence-corrected chi connectivity index (χ2v) is 7.95. The Morgan fingerprint density at radius 3 is 2.74 bits per heavy atom. The van der Waals surface area contributed by atoms with Gasteiger partial charge in [0.2, 0.25) is 0 Å². The van der Waals surface area contributed by atoms with Gasteiger partial charge in [0.25, 0.3) is 5.91 Å². The van der Waals surface area contributed by atoms with Gasteiger partial charge in [-0.2, -0.15) is 5.26 Å². The van der Waals surface area contributed by atoms with Gasteiger partial charge >= 0.3 is 0 Å². The van der Waals surface area contributed by atoms with Crippen LogP contribution < -0.4 is 5.32 Å². The molecule has 2 rings (SSSR count). The van der Waals surface area contributed by atoms with Crippen LogP contribution in [0.3, 0.4) is 0 Å². The zero-order valence-corrected chi connectivity index (χ0v) is 14.1. The predicted molar refractivity (Wildman–Crippen MR) is 88.6 cm³/mol. The van der Waals surface area contributed by atoms with Crippen LogP contribution in [0.5, 0.6) is 0 Å². The minimum atomic E-state index is -3.03.